The van der Waals surface area contributed by atoms with Gasteiger partial charge in [-0.25, -0.2) is 4.18 Å². The molecule has 0 aromatic heterocycles. The average Bonchev–Trinajstić information content (AvgIpc) is 2.59. The van der Waals surface area contributed by atoms with Gasteiger partial charge in [0.25, 0.3) is 0 Å². The van der Waals surface area contributed by atoms with Crippen LogP contribution >= 0.6 is 0 Å². The zero-order valence-corrected chi connectivity index (χ0v) is 20.1. The summed E-state index contributed by atoms with van der Waals surface area (Å²) >= 11 is 0. The van der Waals surface area contributed by atoms with E-state index in [4.69, 9.17) is 0 Å². The standard InChI is InChI=1S/C18H30O6S2.Na.H/c1-2-3-4-5-6-7-8-9-10-14-17-23-26(21,22)24-25(19,20)18-15-12-11-13-16-18;;/h11-13,15-16H,2-10,14,17H2,1H3;;/q;+1;-1. The van der Waals surface area contributed by atoms with Crippen LogP contribution in [0.25, 0.3) is 0 Å². The third kappa shape index (κ3) is 13.0. The smallest absolute Gasteiger partial charge is 1.00 e. The van der Waals surface area contributed by atoms with Crippen LogP contribution < -0.4 is 29.6 Å². The molecule has 0 atom stereocenters. The van der Waals surface area contributed by atoms with Crippen LogP contribution in [-0.4, -0.2) is 23.4 Å². The van der Waals surface area contributed by atoms with Gasteiger partial charge in [-0.3, -0.25) is 0 Å². The summed E-state index contributed by atoms with van der Waals surface area (Å²) in [5.74, 6) is 0. The molecule has 1 rings (SSSR count). The van der Waals surface area contributed by atoms with Crippen molar-refractivity contribution in [1.82, 2.24) is 0 Å². The van der Waals surface area contributed by atoms with Gasteiger partial charge in [-0.2, -0.15) is 16.8 Å². The minimum atomic E-state index is -4.59. The predicted molar refractivity (Wildman–Crippen MR) is 103 cm³/mol. The summed E-state index contributed by atoms with van der Waals surface area (Å²) in [6, 6.07) is 7.09. The molecule has 152 valence electrons. The molecule has 0 bridgehead atoms. The first-order valence-electron chi connectivity index (χ1n) is 9.28. The van der Waals surface area contributed by atoms with E-state index in [2.05, 4.69) is 14.7 Å². The Kier molecular flexibility index (Phi) is 15.0. The zero-order valence-electron chi connectivity index (χ0n) is 17.4. The van der Waals surface area contributed by atoms with Crippen LogP contribution in [0.4, 0.5) is 0 Å². The molecule has 6 nitrogen and oxygen atoms in total. The summed E-state index contributed by atoms with van der Waals surface area (Å²) in [7, 11) is -8.98. The summed E-state index contributed by atoms with van der Waals surface area (Å²) in [5.41, 5.74) is 0. The molecule has 27 heavy (non-hydrogen) atoms. The van der Waals surface area contributed by atoms with Crippen molar-refractivity contribution in [3.63, 3.8) is 0 Å². The molecule has 0 aliphatic rings. The second-order valence-corrected chi connectivity index (χ2v) is 9.22. The Hall–Kier alpha value is 0.0400. The van der Waals surface area contributed by atoms with Gasteiger partial charge in [0.1, 0.15) is 0 Å². The van der Waals surface area contributed by atoms with E-state index >= 15 is 0 Å². The van der Waals surface area contributed by atoms with Gasteiger partial charge in [-0.1, -0.05) is 82.9 Å². The second-order valence-electron chi connectivity index (χ2n) is 6.25. The number of rotatable bonds is 15. The van der Waals surface area contributed by atoms with E-state index in [0.29, 0.717) is 6.42 Å². The van der Waals surface area contributed by atoms with E-state index in [-0.39, 0.29) is 42.5 Å². The van der Waals surface area contributed by atoms with Crippen molar-refractivity contribution in [1.29, 1.82) is 0 Å². The van der Waals surface area contributed by atoms with E-state index < -0.39 is 20.5 Å². The third-order valence-corrected chi connectivity index (χ3v) is 6.62. The molecule has 0 spiro atoms. The van der Waals surface area contributed by atoms with Crippen LogP contribution in [0.1, 0.15) is 72.6 Å². The monoisotopic (exact) mass is 430 g/mol. The van der Waals surface area contributed by atoms with Crippen molar-refractivity contribution in [2.75, 3.05) is 6.61 Å². The summed E-state index contributed by atoms with van der Waals surface area (Å²) in [4.78, 5) is -0.230. The molecule has 0 aliphatic carbocycles. The van der Waals surface area contributed by atoms with Gasteiger partial charge in [0, 0.05) is 0 Å². The number of hydrogen-bond donors (Lipinski definition) is 0. The van der Waals surface area contributed by atoms with Gasteiger partial charge in [0.2, 0.25) is 0 Å². The Morgan fingerprint density at radius 3 is 1.78 bits per heavy atom. The van der Waals surface area contributed by atoms with Crippen LogP contribution in [0, 0.1) is 0 Å². The van der Waals surface area contributed by atoms with Crippen molar-refractivity contribution in [3.8, 4) is 0 Å². The SMILES string of the molecule is CCCCCCCCCCCCOS(=O)(=O)OS(=O)(=O)c1ccccc1.[H-].[Na+]. The molecule has 1 aromatic rings. The topological polar surface area (TPSA) is 86.7 Å². The van der Waals surface area contributed by atoms with Crippen LogP contribution in [0.15, 0.2) is 35.2 Å². The maximum Gasteiger partial charge on any atom is 1.00 e. The van der Waals surface area contributed by atoms with Crippen molar-refractivity contribution >= 4 is 20.5 Å². The minimum Gasteiger partial charge on any atom is -1.00 e. The first-order valence-corrected chi connectivity index (χ1v) is 12.0. The Morgan fingerprint density at radius 2 is 1.26 bits per heavy atom. The van der Waals surface area contributed by atoms with E-state index in [1.54, 1.807) is 6.07 Å². The molecule has 0 N–H and O–H groups in total. The van der Waals surface area contributed by atoms with E-state index in [9.17, 15) is 16.8 Å². The number of unbranched alkanes of at least 4 members (excludes halogenated alkanes) is 9. The summed E-state index contributed by atoms with van der Waals surface area (Å²) < 4.78 is 55.9. The molecule has 0 fully saturated rings. The van der Waals surface area contributed by atoms with E-state index in [1.165, 1.54) is 62.8 Å². The van der Waals surface area contributed by atoms with Gasteiger partial charge in [0.05, 0.1) is 11.5 Å². The van der Waals surface area contributed by atoms with Gasteiger partial charge < -0.3 is 1.43 Å². The fourth-order valence-corrected chi connectivity index (χ4v) is 4.67. The Balaban J connectivity index is 0. The summed E-state index contributed by atoms with van der Waals surface area (Å²) in [6.07, 6.45) is 11.1. The summed E-state index contributed by atoms with van der Waals surface area (Å²) in [5, 5.41) is 0. The molecule has 0 heterocycles. The van der Waals surface area contributed by atoms with Crippen molar-refractivity contribution in [3.05, 3.63) is 30.3 Å². The number of hydrogen-bond acceptors (Lipinski definition) is 6. The van der Waals surface area contributed by atoms with Gasteiger partial charge >= 0.3 is 50.1 Å². The normalized spacial score (nSPS) is 11.9. The van der Waals surface area contributed by atoms with Crippen LogP contribution in [0.2, 0.25) is 0 Å². The molecule has 0 saturated heterocycles. The molecule has 0 unspecified atom stereocenters. The van der Waals surface area contributed by atoms with Crippen molar-refractivity contribution in [2.45, 2.75) is 76.0 Å². The first-order chi connectivity index (χ1) is 12.4. The molecule has 0 radical (unpaired) electrons. The van der Waals surface area contributed by atoms with E-state index in [0.717, 1.165) is 19.3 Å². The quantitative estimate of drug-likeness (QED) is 0.311. The van der Waals surface area contributed by atoms with Crippen LogP contribution in [0.3, 0.4) is 0 Å². The fraction of sp³-hybridized carbons (Fsp3) is 0.667. The molecule has 0 amide bonds. The van der Waals surface area contributed by atoms with Crippen LogP contribution in [0.5, 0.6) is 0 Å². The fourth-order valence-electron chi connectivity index (χ4n) is 2.51. The molecule has 9 heteroatoms. The largest absolute Gasteiger partial charge is 1.00 e. The van der Waals surface area contributed by atoms with Crippen LogP contribution in [-0.2, 0) is 28.3 Å². The van der Waals surface area contributed by atoms with Gasteiger partial charge in [-0.05, 0) is 18.6 Å². The molecule has 0 aliphatic heterocycles. The first kappa shape index (κ1) is 27.0. The minimum absolute atomic E-state index is 0. The molecule has 1 aromatic carbocycles. The zero-order chi connectivity index (χ0) is 19.3. The Bertz CT molecular complexity index is 696. The van der Waals surface area contributed by atoms with Crippen molar-refractivity contribution in [2.24, 2.45) is 0 Å². The van der Waals surface area contributed by atoms with E-state index in [1.807, 2.05) is 0 Å². The maximum atomic E-state index is 11.9. The summed E-state index contributed by atoms with van der Waals surface area (Å²) in [6.45, 7) is 2.12. The van der Waals surface area contributed by atoms with Gasteiger partial charge in [0.15, 0.2) is 0 Å². The average molecular weight is 431 g/mol. The number of benzene rings is 1. The maximum absolute atomic E-state index is 11.9. The Morgan fingerprint density at radius 1 is 0.778 bits per heavy atom. The predicted octanol–water partition coefficient (Wildman–Crippen LogP) is 1.69. The van der Waals surface area contributed by atoms with Gasteiger partial charge in [-0.15, -0.1) is 3.63 Å². The Labute approximate surface area is 188 Å². The van der Waals surface area contributed by atoms with Crippen molar-refractivity contribution < 1.29 is 55.6 Å². The molecular weight excluding hydrogens is 399 g/mol. The molecular formula is C18H31NaO6S2. The second kappa shape index (κ2) is 15.0. The third-order valence-electron chi connectivity index (χ3n) is 3.93. The molecule has 0 saturated carbocycles.